The summed E-state index contributed by atoms with van der Waals surface area (Å²) in [6.45, 7) is 6.82. The lowest BCUT2D eigenvalue weighted by Crippen LogP contribution is -2.41. The number of hydrogen-bond acceptors (Lipinski definition) is 7. The van der Waals surface area contributed by atoms with Gasteiger partial charge in [-0.1, -0.05) is 0 Å². The van der Waals surface area contributed by atoms with E-state index in [4.69, 9.17) is 9.97 Å². The number of likely N-dealkylation sites (tertiary alicyclic amines) is 1. The van der Waals surface area contributed by atoms with E-state index in [1.807, 2.05) is 13.1 Å². The van der Waals surface area contributed by atoms with Crippen molar-refractivity contribution in [1.82, 2.24) is 19.9 Å². The molecule has 4 heterocycles. The van der Waals surface area contributed by atoms with Crippen molar-refractivity contribution in [2.45, 2.75) is 57.1 Å². The number of aromatic nitrogens is 3. The van der Waals surface area contributed by atoms with Crippen molar-refractivity contribution in [3.05, 3.63) is 33.7 Å². The van der Waals surface area contributed by atoms with Gasteiger partial charge >= 0.3 is 0 Å². The molecule has 144 valence electrons. The Labute approximate surface area is 164 Å². The summed E-state index contributed by atoms with van der Waals surface area (Å²) in [6, 6.07) is 0. The highest BCUT2D eigenvalue weighted by atomic mass is 32.1. The molecule has 3 aliphatic rings. The third-order valence-corrected chi connectivity index (χ3v) is 7.34. The summed E-state index contributed by atoms with van der Waals surface area (Å²) in [4.78, 5) is 19.0. The molecule has 1 spiro atoms. The van der Waals surface area contributed by atoms with Crippen LogP contribution >= 0.6 is 11.3 Å². The molecule has 1 atom stereocenters. The van der Waals surface area contributed by atoms with Crippen LogP contribution in [0, 0.1) is 6.92 Å². The predicted molar refractivity (Wildman–Crippen MR) is 106 cm³/mol. The Morgan fingerprint density at radius 3 is 2.78 bits per heavy atom. The van der Waals surface area contributed by atoms with Crippen LogP contribution < -0.4 is 4.90 Å². The molecule has 2 aliphatic heterocycles. The molecule has 27 heavy (non-hydrogen) atoms. The molecule has 0 radical (unpaired) electrons. The maximum absolute atomic E-state index is 9.96. The number of rotatable bonds is 3. The number of anilines is 1. The van der Waals surface area contributed by atoms with Gasteiger partial charge in [-0.15, -0.1) is 11.3 Å². The summed E-state index contributed by atoms with van der Waals surface area (Å²) >= 11 is 1.75. The average Bonchev–Trinajstić information content (AvgIpc) is 3.39. The number of aliphatic hydroxyl groups excluding tert-OH is 1. The smallest absolute Gasteiger partial charge is 0.135 e. The minimum atomic E-state index is -0.222. The van der Waals surface area contributed by atoms with Crippen molar-refractivity contribution in [1.29, 1.82) is 0 Å². The molecule has 7 heteroatoms. The third kappa shape index (κ3) is 3.15. The number of thiazole rings is 1. The highest BCUT2D eigenvalue weighted by Crippen LogP contribution is 2.47. The van der Waals surface area contributed by atoms with Gasteiger partial charge < -0.3 is 10.0 Å². The second kappa shape index (κ2) is 6.79. The molecule has 2 fully saturated rings. The van der Waals surface area contributed by atoms with Crippen molar-refractivity contribution in [3.63, 3.8) is 0 Å². The first-order chi connectivity index (χ1) is 13.1. The molecule has 2 aromatic rings. The van der Waals surface area contributed by atoms with Crippen LogP contribution in [0.15, 0.2) is 11.6 Å². The largest absolute Gasteiger partial charge is 0.391 e. The standard InChI is InChI=1S/C20H27N5OS/c1-14-22-18-16(19(23-14)25-8-3-15(26)12-25)2-4-20(18)5-9-24(10-6-20)13-17-21-7-11-27-17/h7,11,15,26H,2-6,8-10,12-13H2,1H3. The van der Waals surface area contributed by atoms with E-state index < -0.39 is 0 Å². The molecular weight excluding hydrogens is 358 g/mol. The van der Waals surface area contributed by atoms with Crippen LogP contribution in [0.1, 0.15) is 47.8 Å². The molecule has 2 aromatic heterocycles. The second-order valence-electron chi connectivity index (χ2n) is 8.29. The van der Waals surface area contributed by atoms with Crippen LogP contribution in [-0.4, -0.2) is 57.2 Å². The van der Waals surface area contributed by atoms with Gasteiger partial charge in [-0.2, -0.15) is 0 Å². The van der Waals surface area contributed by atoms with E-state index in [0.29, 0.717) is 6.54 Å². The first kappa shape index (κ1) is 17.5. The lowest BCUT2D eigenvalue weighted by Gasteiger charge is -2.39. The van der Waals surface area contributed by atoms with E-state index in [1.54, 1.807) is 11.3 Å². The normalized spacial score (nSPS) is 24.7. The van der Waals surface area contributed by atoms with E-state index >= 15 is 0 Å². The first-order valence-corrected chi connectivity index (χ1v) is 10.9. The fraction of sp³-hybridized carbons (Fsp3) is 0.650. The van der Waals surface area contributed by atoms with Crippen LogP contribution in [0.3, 0.4) is 0 Å². The quantitative estimate of drug-likeness (QED) is 0.875. The molecule has 1 unspecified atom stereocenters. The van der Waals surface area contributed by atoms with Crippen LogP contribution in [0.2, 0.25) is 0 Å². The van der Waals surface area contributed by atoms with E-state index in [9.17, 15) is 5.11 Å². The SMILES string of the molecule is Cc1nc(N2CCC(O)C2)c2c(n1)C1(CC2)CCN(Cc2nccs2)CC1. The topological polar surface area (TPSA) is 65.4 Å². The van der Waals surface area contributed by atoms with Gasteiger partial charge in [0.2, 0.25) is 0 Å². The van der Waals surface area contributed by atoms with Crippen LogP contribution in [0.5, 0.6) is 0 Å². The third-order valence-electron chi connectivity index (χ3n) is 6.57. The molecular formula is C20H27N5OS. The summed E-state index contributed by atoms with van der Waals surface area (Å²) in [7, 11) is 0. The van der Waals surface area contributed by atoms with E-state index in [-0.39, 0.29) is 11.5 Å². The summed E-state index contributed by atoms with van der Waals surface area (Å²) in [5, 5.41) is 13.2. The molecule has 0 amide bonds. The van der Waals surface area contributed by atoms with Crippen molar-refractivity contribution in [3.8, 4) is 0 Å². The van der Waals surface area contributed by atoms with Gasteiger partial charge in [-0.05, 0) is 52.1 Å². The van der Waals surface area contributed by atoms with Gasteiger partial charge in [0.1, 0.15) is 16.6 Å². The maximum atomic E-state index is 9.96. The summed E-state index contributed by atoms with van der Waals surface area (Å²) in [5.74, 6) is 1.97. The Balaban J connectivity index is 1.38. The summed E-state index contributed by atoms with van der Waals surface area (Å²) in [5.41, 5.74) is 2.87. The van der Waals surface area contributed by atoms with Crippen LogP contribution in [0.25, 0.3) is 0 Å². The zero-order valence-corrected chi connectivity index (χ0v) is 16.7. The second-order valence-corrected chi connectivity index (χ2v) is 9.27. The minimum Gasteiger partial charge on any atom is -0.391 e. The predicted octanol–water partition coefficient (Wildman–Crippen LogP) is 2.29. The number of aryl methyl sites for hydroxylation is 1. The Bertz CT molecular complexity index is 816. The Morgan fingerprint density at radius 1 is 1.22 bits per heavy atom. The van der Waals surface area contributed by atoms with Gasteiger partial charge in [-0.3, -0.25) is 4.90 Å². The number of nitrogens with zero attached hydrogens (tertiary/aromatic N) is 5. The average molecular weight is 386 g/mol. The Kier molecular flexibility index (Phi) is 4.41. The molecule has 1 aliphatic carbocycles. The van der Waals surface area contributed by atoms with Crippen LogP contribution in [-0.2, 0) is 18.4 Å². The first-order valence-electron chi connectivity index (χ1n) is 10.0. The molecule has 0 aromatic carbocycles. The monoisotopic (exact) mass is 385 g/mol. The zero-order chi connectivity index (χ0) is 18.4. The van der Waals surface area contributed by atoms with Crippen molar-refractivity contribution >= 4 is 17.2 Å². The van der Waals surface area contributed by atoms with Gasteiger partial charge in [0.25, 0.3) is 0 Å². The number of β-amino-alcohol motifs (C(OH)–C–C–N with tert-alkyl or cyclic N) is 1. The Morgan fingerprint density at radius 2 is 2.07 bits per heavy atom. The molecule has 1 N–H and O–H groups in total. The molecule has 5 rings (SSSR count). The van der Waals surface area contributed by atoms with Gasteiger partial charge in [-0.25, -0.2) is 15.0 Å². The molecule has 6 nitrogen and oxygen atoms in total. The lowest BCUT2D eigenvalue weighted by molar-refractivity contribution is 0.150. The molecule has 0 saturated carbocycles. The molecule has 2 saturated heterocycles. The summed E-state index contributed by atoms with van der Waals surface area (Å²) in [6.07, 6.45) is 7.12. The van der Waals surface area contributed by atoms with Crippen molar-refractivity contribution < 1.29 is 5.11 Å². The Hall–Kier alpha value is -1.57. The number of piperidine rings is 1. The fourth-order valence-electron chi connectivity index (χ4n) is 5.08. The highest BCUT2D eigenvalue weighted by Gasteiger charge is 2.44. The number of fused-ring (bicyclic) bond motifs is 2. The fourth-order valence-corrected chi connectivity index (χ4v) is 5.73. The zero-order valence-electron chi connectivity index (χ0n) is 15.9. The van der Waals surface area contributed by atoms with E-state index in [1.165, 1.54) is 35.5 Å². The number of hydrogen-bond donors (Lipinski definition) is 1. The van der Waals surface area contributed by atoms with E-state index in [0.717, 1.165) is 50.7 Å². The number of aliphatic hydroxyl groups is 1. The molecule has 0 bridgehead atoms. The van der Waals surface area contributed by atoms with Crippen molar-refractivity contribution in [2.24, 2.45) is 0 Å². The van der Waals surface area contributed by atoms with Gasteiger partial charge in [0, 0.05) is 35.6 Å². The minimum absolute atomic E-state index is 0.218. The van der Waals surface area contributed by atoms with Crippen molar-refractivity contribution in [2.75, 3.05) is 31.1 Å². The van der Waals surface area contributed by atoms with Crippen LogP contribution in [0.4, 0.5) is 5.82 Å². The summed E-state index contributed by atoms with van der Waals surface area (Å²) < 4.78 is 0. The van der Waals surface area contributed by atoms with Gasteiger partial charge in [0.05, 0.1) is 18.3 Å². The van der Waals surface area contributed by atoms with E-state index in [2.05, 4.69) is 20.2 Å². The van der Waals surface area contributed by atoms with Gasteiger partial charge in [0.15, 0.2) is 0 Å². The highest BCUT2D eigenvalue weighted by molar-refractivity contribution is 7.09. The maximum Gasteiger partial charge on any atom is 0.135 e. The lowest BCUT2D eigenvalue weighted by atomic mass is 9.76.